The van der Waals surface area contributed by atoms with Crippen molar-refractivity contribution in [3.05, 3.63) is 56.7 Å². The maximum Gasteiger partial charge on any atom is 0.137 e. The Labute approximate surface area is 129 Å². The monoisotopic (exact) mass is 405 g/mol. The molecule has 0 heterocycles. The lowest BCUT2D eigenvalue weighted by atomic mass is 10.2. The van der Waals surface area contributed by atoms with Gasteiger partial charge in [0.15, 0.2) is 0 Å². The highest BCUT2D eigenvalue weighted by Gasteiger charge is 2.13. The van der Waals surface area contributed by atoms with Crippen molar-refractivity contribution >= 4 is 48.3 Å². The number of hydrogen-bond acceptors (Lipinski definition) is 2. The zero-order chi connectivity index (χ0) is 14.0. The first-order chi connectivity index (χ1) is 8.99. The van der Waals surface area contributed by atoms with Crippen LogP contribution >= 0.6 is 31.9 Å². The molecule has 19 heavy (non-hydrogen) atoms. The quantitative estimate of drug-likeness (QED) is 0.774. The number of anilines is 1. The third-order valence-corrected chi connectivity index (χ3v) is 5.75. The van der Waals surface area contributed by atoms with Gasteiger partial charge < -0.3 is 5.73 Å². The minimum Gasteiger partial charge on any atom is -0.399 e. The number of benzene rings is 2. The van der Waals surface area contributed by atoms with E-state index < -0.39 is 10.8 Å². The van der Waals surface area contributed by atoms with Crippen molar-refractivity contribution in [2.75, 3.05) is 5.73 Å². The minimum absolute atomic E-state index is 0.237. The first-order valence-corrected chi connectivity index (χ1v) is 8.26. The zero-order valence-electron chi connectivity index (χ0n) is 9.70. The van der Waals surface area contributed by atoms with Crippen LogP contribution < -0.4 is 5.73 Å². The third-order valence-electron chi connectivity index (χ3n) is 2.52. The molecule has 1 atom stereocenters. The maximum atomic E-state index is 13.4. The van der Waals surface area contributed by atoms with Gasteiger partial charge in [-0.3, -0.25) is 4.21 Å². The van der Waals surface area contributed by atoms with Crippen molar-refractivity contribution in [2.24, 2.45) is 0 Å². The number of nitrogens with two attached hydrogens (primary N) is 1. The van der Waals surface area contributed by atoms with Crippen LogP contribution in [0.1, 0.15) is 5.56 Å². The van der Waals surface area contributed by atoms with E-state index in [0.717, 1.165) is 0 Å². The number of rotatable bonds is 3. The fourth-order valence-electron chi connectivity index (χ4n) is 1.58. The van der Waals surface area contributed by atoms with Gasteiger partial charge >= 0.3 is 0 Å². The Morgan fingerprint density at radius 2 is 1.95 bits per heavy atom. The molecule has 0 amide bonds. The Bertz CT molecular complexity index is 649. The van der Waals surface area contributed by atoms with Crippen molar-refractivity contribution in [1.29, 1.82) is 0 Å². The molecular formula is C13H10Br2FNOS. The van der Waals surface area contributed by atoms with Gasteiger partial charge in [0.25, 0.3) is 0 Å². The lowest BCUT2D eigenvalue weighted by molar-refractivity contribution is 0.619. The highest BCUT2D eigenvalue weighted by Crippen LogP contribution is 2.27. The molecule has 2 aromatic carbocycles. The molecule has 0 radical (unpaired) electrons. The Kier molecular flexibility index (Phi) is 4.76. The van der Waals surface area contributed by atoms with Gasteiger partial charge in [0, 0.05) is 10.2 Å². The predicted molar refractivity (Wildman–Crippen MR) is 82.8 cm³/mol. The predicted octanol–water partition coefficient (Wildman–Crippen LogP) is 4.24. The molecule has 6 heteroatoms. The molecule has 0 fully saturated rings. The molecular weight excluding hydrogens is 397 g/mol. The Morgan fingerprint density at radius 3 is 2.63 bits per heavy atom. The number of halogens is 3. The van der Waals surface area contributed by atoms with Gasteiger partial charge in [-0.05, 0) is 61.7 Å². The van der Waals surface area contributed by atoms with Crippen LogP contribution in [-0.2, 0) is 16.6 Å². The molecule has 0 aliphatic heterocycles. The Morgan fingerprint density at radius 1 is 1.21 bits per heavy atom. The van der Waals surface area contributed by atoms with E-state index in [4.69, 9.17) is 5.73 Å². The lowest BCUT2D eigenvalue weighted by Crippen LogP contribution is -2.00. The smallest absolute Gasteiger partial charge is 0.137 e. The van der Waals surface area contributed by atoms with E-state index in [1.807, 2.05) is 0 Å². The second kappa shape index (κ2) is 6.15. The molecule has 0 spiro atoms. The normalized spacial score (nSPS) is 12.4. The van der Waals surface area contributed by atoms with E-state index in [9.17, 15) is 8.60 Å². The van der Waals surface area contributed by atoms with E-state index in [1.165, 1.54) is 6.07 Å². The zero-order valence-corrected chi connectivity index (χ0v) is 13.7. The average Bonchev–Trinajstić information content (AvgIpc) is 2.34. The fraction of sp³-hybridized carbons (Fsp3) is 0.0769. The average molecular weight is 407 g/mol. The summed E-state index contributed by atoms with van der Waals surface area (Å²) in [4.78, 5) is 0.644. The summed E-state index contributed by atoms with van der Waals surface area (Å²) in [6.45, 7) is 0. The summed E-state index contributed by atoms with van der Waals surface area (Å²) in [5.41, 5.74) is 6.90. The topological polar surface area (TPSA) is 43.1 Å². The standard InChI is InChI=1S/C13H10Br2FNOS/c14-10-6-9(17)4-5-12(10)19(18)7-8-2-1-3-11(16)13(8)15/h1-6H,7,17H2. The molecule has 0 bridgehead atoms. The summed E-state index contributed by atoms with van der Waals surface area (Å²) in [5, 5.41) is 0. The summed E-state index contributed by atoms with van der Waals surface area (Å²) < 4.78 is 26.7. The molecule has 0 saturated carbocycles. The summed E-state index contributed by atoms with van der Waals surface area (Å²) in [6, 6.07) is 9.81. The van der Waals surface area contributed by atoms with E-state index in [1.54, 1.807) is 30.3 Å². The molecule has 0 aliphatic carbocycles. The molecule has 0 aliphatic rings. The van der Waals surface area contributed by atoms with Gasteiger partial charge in [0.1, 0.15) is 5.82 Å². The van der Waals surface area contributed by atoms with Crippen molar-refractivity contribution < 1.29 is 8.60 Å². The SMILES string of the molecule is Nc1ccc(S(=O)Cc2cccc(F)c2Br)c(Br)c1. The highest BCUT2D eigenvalue weighted by atomic mass is 79.9. The Balaban J connectivity index is 2.28. The molecule has 0 aromatic heterocycles. The molecule has 0 saturated heterocycles. The Hall–Kier alpha value is -0.720. The molecule has 2 aromatic rings. The van der Waals surface area contributed by atoms with Gasteiger partial charge in [0.2, 0.25) is 0 Å². The van der Waals surface area contributed by atoms with Crippen LogP contribution in [-0.4, -0.2) is 4.21 Å². The van der Waals surface area contributed by atoms with Crippen LogP contribution in [0.3, 0.4) is 0 Å². The second-order valence-electron chi connectivity index (χ2n) is 3.89. The van der Waals surface area contributed by atoms with Crippen LogP contribution in [0.25, 0.3) is 0 Å². The number of nitrogen functional groups attached to an aromatic ring is 1. The van der Waals surface area contributed by atoms with Crippen LogP contribution in [0, 0.1) is 5.82 Å². The van der Waals surface area contributed by atoms with Gasteiger partial charge in [-0.25, -0.2) is 4.39 Å². The van der Waals surface area contributed by atoms with Crippen molar-refractivity contribution in [2.45, 2.75) is 10.6 Å². The summed E-state index contributed by atoms with van der Waals surface area (Å²) in [7, 11) is -1.27. The van der Waals surface area contributed by atoms with Crippen LogP contribution in [0.4, 0.5) is 10.1 Å². The van der Waals surface area contributed by atoms with E-state index in [2.05, 4.69) is 31.9 Å². The van der Waals surface area contributed by atoms with E-state index in [0.29, 0.717) is 25.1 Å². The van der Waals surface area contributed by atoms with Crippen LogP contribution in [0.5, 0.6) is 0 Å². The fourth-order valence-corrected chi connectivity index (χ4v) is 4.28. The van der Waals surface area contributed by atoms with Crippen LogP contribution in [0.2, 0.25) is 0 Å². The second-order valence-corrected chi connectivity index (χ2v) is 6.96. The molecule has 1 unspecified atom stereocenters. The minimum atomic E-state index is -1.27. The highest BCUT2D eigenvalue weighted by molar-refractivity contribution is 9.10. The van der Waals surface area contributed by atoms with Gasteiger partial charge in [-0.15, -0.1) is 0 Å². The maximum absolute atomic E-state index is 13.4. The molecule has 2 N–H and O–H groups in total. The van der Waals surface area contributed by atoms with E-state index in [-0.39, 0.29) is 11.6 Å². The molecule has 100 valence electrons. The van der Waals surface area contributed by atoms with Gasteiger partial charge in [0.05, 0.1) is 25.9 Å². The third kappa shape index (κ3) is 3.43. The summed E-state index contributed by atoms with van der Waals surface area (Å²) >= 11 is 6.51. The largest absolute Gasteiger partial charge is 0.399 e. The van der Waals surface area contributed by atoms with E-state index >= 15 is 0 Å². The first-order valence-electron chi connectivity index (χ1n) is 5.35. The first kappa shape index (κ1) is 14.7. The van der Waals surface area contributed by atoms with Crippen molar-refractivity contribution in [3.8, 4) is 0 Å². The summed E-state index contributed by atoms with van der Waals surface area (Å²) in [6.07, 6.45) is 0. The summed E-state index contributed by atoms with van der Waals surface area (Å²) in [5.74, 6) is -0.119. The van der Waals surface area contributed by atoms with Crippen molar-refractivity contribution in [1.82, 2.24) is 0 Å². The lowest BCUT2D eigenvalue weighted by Gasteiger charge is -2.08. The van der Waals surface area contributed by atoms with Crippen LogP contribution in [0.15, 0.2) is 50.2 Å². The van der Waals surface area contributed by atoms with Crippen molar-refractivity contribution in [3.63, 3.8) is 0 Å². The molecule has 2 nitrogen and oxygen atoms in total. The van der Waals surface area contributed by atoms with Gasteiger partial charge in [-0.2, -0.15) is 0 Å². The van der Waals surface area contributed by atoms with Gasteiger partial charge in [-0.1, -0.05) is 12.1 Å². The molecule has 2 rings (SSSR count). The number of hydrogen-bond donors (Lipinski definition) is 1.